The molecule has 140 valence electrons. The number of benzene rings is 1. The molecule has 4 nitrogen and oxygen atoms in total. The van der Waals surface area contributed by atoms with E-state index in [0.717, 1.165) is 0 Å². The third-order valence-electron chi connectivity index (χ3n) is 4.45. The number of aromatic amines is 1. The fourth-order valence-electron chi connectivity index (χ4n) is 2.97. The first-order chi connectivity index (χ1) is 12.1. The first-order valence-electron chi connectivity index (χ1n) is 8.24. The quantitative estimate of drug-likeness (QED) is 0.653. The summed E-state index contributed by atoms with van der Waals surface area (Å²) in [5.74, 6) is -5.15. The van der Waals surface area contributed by atoms with Gasteiger partial charge in [-0.15, -0.1) is 0 Å². The van der Waals surface area contributed by atoms with Gasteiger partial charge in [-0.25, -0.2) is 22.5 Å². The lowest BCUT2D eigenvalue weighted by atomic mass is 9.95. The zero-order valence-corrected chi connectivity index (χ0v) is 14.7. The van der Waals surface area contributed by atoms with Crippen molar-refractivity contribution in [3.63, 3.8) is 0 Å². The van der Waals surface area contributed by atoms with E-state index in [9.17, 15) is 22.4 Å². The number of rotatable bonds is 2. The summed E-state index contributed by atoms with van der Waals surface area (Å²) in [6, 6.07) is 0.191. The number of halogens is 4. The van der Waals surface area contributed by atoms with Crippen molar-refractivity contribution in [1.82, 2.24) is 14.9 Å². The molecule has 1 aromatic heterocycles. The van der Waals surface area contributed by atoms with Gasteiger partial charge < -0.3 is 4.98 Å². The Labute approximate surface area is 147 Å². The third kappa shape index (κ3) is 3.38. The lowest BCUT2D eigenvalue weighted by Crippen LogP contribution is -2.37. The Balaban J connectivity index is 1.92. The van der Waals surface area contributed by atoms with E-state index in [1.165, 1.54) is 0 Å². The van der Waals surface area contributed by atoms with Gasteiger partial charge in [0.1, 0.15) is 5.82 Å². The fourth-order valence-corrected chi connectivity index (χ4v) is 2.97. The molecule has 0 fully saturated rings. The molecule has 26 heavy (non-hydrogen) atoms. The molecule has 0 saturated heterocycles. The number of fused-ring (bicyclic) bond motifs is 1. The molecule has 3 rings (SSSR count). The highest BCUT2D eigenvalue weighted by Gasteiger charge is 2.27. The normalized spacial score (nSPS) is 15.2. The van der Waals surface area contributed by atoms with Gasteiger partial charge in [0.05, 0.1) is 5.69 Å². The molecule has 0 bridgehead atoms. The highest BCUT2D eigenvalue weighted by atomic mass is 19.2. The molecule has 0 saturated carbocycles. The summed E-state index contributed by atoms with van der Waals surface area (Å²) in [6.07, 6.45) is 0.336. The average molecular weight is 369 g/mol. The molecule has 0 spiro atoms. The van der Waals surface area contributed by atoms with Crippen molar-refractivity contribution in [2.45, 2.75) is 45.7 Å². The zero-order chi connectivity index (χ0) is 19.2. The minimum absolute atomic E-state index is 0.166. The lowest BCUT2D eigenvalue weighted by molar-refractivity contribution is 0.230. The Bertz CT molecular complexity index is 892. The van der Waals surface area contributed by atoms with E-state index < -0.39 is 28.8 Å². The highest BCUT2D eigenvalue weighted by molar-refractivity contribution is 5.25. The topological polar surface area (TPSA) is 49.0 Å². The SMILES string of the molecule is CC(C)(C)c1nc2c(c(=O)[nH]1)CCN(Cc1c(F)c(F)cc(F)c1F)C2. The van der Waals surface area contributed by atoms with Gasteiger partial charge in [-0.05, 0) is 6.42 Å². The average Bonchev–Trinajstić information content (AvgIpc) is 2.56. The number of H-pyrrole nitrogens is 1. The molecular formula is C18H19F4N3O. The Kier molecular flexibility index (Phi) is 4.64. The number of nitrogens with zero attached hydrogens (tertiary/aromatic N) is 2. The van der Waals surface area contributed by atoms with Gasteiger partial charge in [-0.2, -0.15) is 0 Å². The molecular weight excluding hydrogens is 350 g/mol. The van der Waals surface area contributed by atoms with Crippen LogP contribution in [0, 0.1) is 23.3 Å². The van der Waals surface area contributed by atoms with Crippen LogP contribution in [0.2, 0.25) is 0 Å². The molecule has 8 heteroatoms. The second kappa shape index (κ2) is 6.50. The van der Waals surface area contributed by atoms with Crippen LogP contribution in [-0.4, -0.2) is 21.4 Å². The van der Waals surface area contributed by atoms with Gasteiger partial charge >= 0.3 is 0 Å². The van der Waals surface area contributed by atoms with Crippen LogP contribution in [0.4, 0.5) is 17.6 Å². The first-order valence-corrected chi connectivity index (χ1v) is 8.24. The Morgan fingerprint density at radius 1 is 1.15 bits per heavy atom. The van der Waals surface area contributed by atoms with Crippen LogP contribution >= 0.6 is 0 Å². The van der Waals surface area contributed by atoms with Gasteiger partial charge in [0, 0.05) is 42.2 Å². The predicted octanol–water partition coefficient (Wildman–Crippen LogP) is 3.18. The van der Waals surface area contributed by atoms with E-state index >= 15 is 0 Å². The van der Waals surface area contributed by atoms with Gasteiger partial charge in [0.15, 0.2) is 23.3 Å². The van der Waals surface area contributed by atoms with Crippen molar-refractivity contribution in [3.8, 4) is 0 Å². The van der Waals surface area contributed by atoms with Gasteiger partial charge in [0.25, 0.3) is 5.56 Å². The molecule has 0 amide bonds. The standard InChI is InChI=1S/C18H19F4N3O/c1-18(2,3)17-23-13-8-25(5-4-9(13)16(26)24-17)7-10-14(21)11(19)6-12(20)15(10)22/h6H,4-5,7-8H2,1-3H3,(H,23,24,26). The summed E-state index contributed by atoms with van der Waals surface area (Å²) in [7, 11) is 0. The summed E-state index contributed by atoms with van der Waals surface area (Å²) < 4.78 is 54.6. The van der Waals surface area contributed by atoms with Crippen LogP contribution in [0.25, 0.3) is 0 Å². The minimum atomic E-state index is -1.43. The lowest BCUT2D eigenvalue weighted by Gasteiger charge is -2.29. The van der Waals surface area contributed by atoms with Gasteiger partial charge in [-0.1, -0.05) is 20.8 Å². The van der Waals surface area contributed by atoms with E-state index in [2.05, 4.69) is 9.97 Å². The molecule has 0 aliphatic carbocycles. The molecule has 2 heterocycles. The second-order valence-electron chi connectivity index (χ2n) is 7.50. The van der Waals surface area contributed by atoms with Crippen LogP contribution < -0.4 is 5.56 Å². The van der Waals surface area contributed by atoms with Crippen LogP contribution in [0.15, 0.2) is 10.9 Å². The summed E-state index contributed by atoms with van der Waals surface area (Å²) in [5, 5.41) is 0. The monoisotopic (exact) mass is 369 g/mol. The molecule has 0 atom stereocenters. The van der Waals surface area contributed by atoms with Crippen molar-refractivity contribution < 1.29 is 17.6 Å². The van der Waals surface area contributed by atoms with E-state index in [0.29, 0.717) is 30.0 Å². The molecule has 0 radical (unpaired) electrons. The van der Waals surface area contributed by atoms with E-state index in [4.69, 9.17) is 0 Å². The van der Waals surface area contributed by atoms with Crippen molar-refractivity contribution in [2.75, 3.05) is 6.54 Å². The van der Waals surface area contributed by atoms with Crippen LogP contribution in [0.5, 0.6) is 0 Å². The van der Waals surface area contributed by atoms with Gasteiger partial charge in [-0.3, -0.25) is 9.69 Å². The Hall–Kier alpha value is -2.22. The molecule has 2 aromatic rings. The van der Waals surface area contributed by atoms with Crippen molar-refractivity contribution in [2.24, 2.45) is 0 Å². The molecule has 1 N–H and O–H groups in total. The number of aromatic nitrogens is 2. The van der Waals surface area contributed by atoms with Crippen molar-refractivity contribution >= 4 is 0 Å². The summed E-state index contributed by atoms with van der Waals surface area (Å²) in [4.78, 5) is 21.1. The van der Waals surface area contributed by atoms with Crippen LogP contribution in [0.1, 0.15) is 43.4 Å². The van der Waals surface area contributed by atoms with E-state index in [1.54, 1.807) is 4.90 Å². The van der Waals surface area contributed by atoms with Crippen LogP contribution in [0.3, 0.4) is 0 Å². The molecule has 1 aromatic carbocycles. The van der Waals surface area contributed by atoms with Crippen molar-refractivity contribution in [1.29, 1.82) is 0 Å². The van der Waals surface area contributed by atoms with E-state index in [-0.39, 0.29) is 30.1 Å². The van der Waals surface area contributed by atoms with E-state index in [1.807, 2.05) is 20.8 Å². The molecule has 1 aliphatic rings. The summed E-state index contributed by atoms with van der Waals surface area (Å²) in [5.41, 5.74) is -0.218. The highest BCUT2D eigenvalue weighted by Crippen LogP contribution is 2.24. The maximum absolute atomic E-state index is 13.9. The number of nitrogens with one attached hydrogen (secondary N) is 1. The second-order valence-corrected chi connectivity index (χ2v) is 7.50. The minimum Gasteiger partial charge on any atom is -0.310 e. The van der Waals surface area contributed by atoms with Crippen molar-refractivity contribution in [3.05, 3.63) is 62.3 Å². The number of hydrogen-bond acceptors (Lipinski definition) is 3. The maximum atomic E-state index is 13.9. The number of hydrogen-bond donors (Lipinski definition) is 1. The molecule has 1 aliphatic heterocycles. The van der Waals surface area contributed by atoms with Crippen LogP contribution in [-0.2, 0) is 24.9 Å². The Morgan fingerprint density at radius 3 is 2.35 bits per heavy atom. The molecule has 0 unspecified atom stereocenters. The Morgan fingerprint density at radius 2 is 1.77 bits per heavy atom. The fraction of sp³-hybridized carbons (Fsp3) is 0.444. The summed E-state index contributed by atoms with van der Waals surface area (Å²) >= 11 is 0. The smallest absolute Gasteiger partial charge is 0.254 e. The maximum Gasteiger partial charge on any atom is 0.254 e. The first kappa shape index (κ1) is 18.6. The zero-order valence-electron chi connectivity index (χ0n) is 14.7. The largest absolute Gasteiger partial charge is 0.310 e. The summed E-state index contributed by atoms with van der Waals surface area (Å²) in [6.45, 7) is 5.88. The van der Waals surface area contributed by atoms with Gasteiger partial charge in [0.2, 0.25) is 0 Å². The predicted molar refractivity (Wildman–Crippen MR) is 87.6 cm³/mol. The third-order valence-corrected chi connectivity index (χ3v) is 4.45.